The number of alkyl halides is 3. The Kier molecular flexibility index (Phi) is 13.6. The van der Waals surface area contributed by atoms with E-state index in [-0.39, 0.29) is 12.5 Å². The van der Waals surface area contributed by atoms with E-state index in [1.54, 1.807) is 31.1 Å². The summed E-state index contributed by atoms with van der Waals surface area (Å²) >= 11 is 1.03. The summed E-state index contributed by atoms with van der Waals surface area (Å²) in [4.78, 5) is 18.3. The van der Waals surface area contributed by atoms with Gasteiger partial charge in [-0.15, -0.1) is 16.9 Å². The highest BCUT2D eigenvalue weighted by molar-refractivity contribution is 8.03. The number of aliphatic hydroxyl groups excluding tert-OH is 1. The Bertz CT molecular complexity index is 1270. The van der Waals surface area contributed by atoms with E-state index in [2.05, 4.69) is 43.4 Å². The second-order valence-electron chi connectivity index (χ2n) is 12.1. The average molecular weight is 689 g/mol. The van der Waals surface area contributed by atoms with Crippen LogP contribution in [0.2, 0.25) is 0 Å². The lowest BCUT2D eigenvalue weighted by Gasteiger charge is -2.39. The first-order valence-corrected chi connectivity index (χ1v) is 16.2. The number of aliphatic imine (C=N–C) groups is 1. The number of nitrogens with zero attached hydrogens (tertiary/aromatic N) is 3. The molecule has 0 bridgehead atoms. The number of carbonyl (C=O) groups is 1. The minimum absolute atomic E-state index is 0.246. The van der Waals surface area contributed by atoms with Gasteiger partial charge in [-0.05, 0) is 46.6 Å². The smallest absolute Gasteiger partial charge is 0.431 e. The van der Waals surface area contributed by atoms with Gasteiger partial charge in [0.2, 0.25) is 18.5 Å². The van der Waals surface area contributed by atoms with Gasteiger partial charge in [0.05, 0.1) is 24.2 Å². The zero-order valence-electron chi connectivity index (χ0n) is 27.8. The SMILES string of the molecule is C=C(C=N/C=C(\C)C(C)C(/C=C(\NC)NC(=O)NCC)C1NC(C(F)(F)F)=CS1)C1NN=C([C@@H]2COCCN2C(O)OC(C)(C)C)O1. The van der Waals surface area contributed by atoms with Gasteiger partial charge in [-0.25, -0.2) is 9.69 Å². The van der Waals surface area contributed by atoms with Gasteiger partial charge in [0.1, 0.15) is 17.6 Å². The molecule has 0 spiro atoms. The predicted octanol–water partition coefficient (Wildman–Crippen LogP) is 3.27. The van der Waals surface area contributed by atoms with E-state index in [0.717, 1.165) is 22.7 Å². The number of ether oxygens (including phenoxy) is 3. The first-order valence-electron chi connectivity index (χ1n) is 15.3. The summed E-state index contributed by atoms with van der Waals surface area (Å²) in [5, 5.41) is 26.2. The van der Waals surface area contributed by atoms with E-state index in [1.807, 2.05) is 34.6 Å². The van der Waals surface area contributed by atoms with Gasteiger partial charge < -0.3 is 35.3 Å². The minimum Gasteiger partial charge on any atom is -0.449 e. The van der Waals surface area contributed by atoms with Crippen LogP contribution >= 0.6 is 11.8 Å². The number of morpholine rings is 1. The highest BCUT2D eigenvalue weighted by Gasteiger charge is 2.41. The molecule has 3 aliphatic rings. The molecule has 1 fully saturated rings. The maximum Gasteiger partial charge on any atom is 0.431 e. The molecule has 17 heteroatoms. The van der Waals surface area contributed by atoms with Crippen molar-refractivity contribution in [2.45, 2.75) is 77.4 Å². The predicted molar refractivity (Wildman–Crippen MR) is 176 cm³/mol. The van der Waals surface area contributed by atoms with E-state index in [9.17, 15) is 23.1 Å². The highest BCUT2D eigenvalue weighted by atomic mass is 32.2. The van der Waals surface area contributed by atoms with Crippen molar-refractivity contribution in [3.63, 3.8) is 0 Å². The molecule has 0 aromatic heterocycles. The molecule has 47 heavy (non-hydrogen) atoms. The first-order chi connectivity index (χ1) is 22.0. The molecule has 13 nitrogen and oxygen atoms in total. The van der Waals surface area contributed by atoms with E-state index in [1.165, 1.54) is 6.21 Å². The molecule has 3 heterocycles. The zero-order chi connectivity index (χ0) is 34.9. The summed E-state index contributed by atoms with van der Waals surface area (Å²) in [6.45, 7) is 16.5. The van der Waals surface area contributed by atoms with Gasteiger partial charge in [-0.3, -0.25) is 15.7 Å². The Balaban J connectivity index is 1.69. The molecule has 1 saturated heterocycles. The highest BCUT2D eigenvalue weighted by Crippen LogP contribution is 2.39. The van der Waals surface area contributed by atoms with Gasteiger partial charge >= 0.3 is 12.2 Å². The maximum atomic E-state index is 13.4. The molecule has 3 rings (SSSR count). The normalized spacial score (nSPS) is 24.8. The van der Waals surface area contributed by atoms with Crippen molar-refractivity contribution in [2.75, 3.05) is 33.4 Å². The Morgan fingerprint density at radius 3 is 2.72 bits per heavy atom. The Morgan fingerprint density at radius 2 is 2.11 bits per heavy atom. The average Bonchev–Trinajstić information content (AvgIpc) is 3.69. The van der Waals surface area contributed by atoms with Crippen molar-refractivity contribution in [3.8, 4) is 0 Å². The van der Waals surface area contributed by atoms with Crippen LogP contribution in [0.4, 0.5) is 18.0 Å². The number of hydrazone groups is 1. The largest absolute Gasteiger partial charge is 0.449 e. The van der Waals surface area contributed by atoms with Crippen LogP contribution in [0.25, 0.3) is 0 Å². The summed E-state index contributed by atoms with van der Waals surface area (Å²) in [6.07, 6.45) is -1.60. The molecule has 264 valence electrons. The number of rotatable bonds is 13. The quantitative estimate of drug-likeness (QED) is 0.126. The number of urea groups is 1. The van der Waals surface area contributed by atoms with E-state index in [4.69, 9.17) is 14.2 Å². The van der Waals surface area contributed by atoms with E-state index in [0.29, 0.717) is 37.0 Å². The molecule has 6 N–H and O–H groups in total. The summed E-state index contributed by atoms with van der Waals surface area (Å²) < 4.78 is 57.6. The fraction of sp³-hybridized carbons (Fsp3) is 0.633. The number of carbonyl (C=O) groups excluding carboxylic acids is 1. The van der Waals surface area contributed by atoms with Crippen molar-refractivity contribution in [3.05, 3.63) is 46.9 Å². The molecule has 0 radical (unpaired) electrons. The Labute approximate surface area is 278 Å². The molecule has 2 amide bonds. The second-order valence-corrected chi connectivity index (χ2v) is 13.1. The number of amides is 2. The molecular formula is C30H47F3N8O5S. The van der Waals surface area contributed by atoms with Crippen LogP contribution in [0.1, 0.15) is 41.5 Å². The minimum atomic E-state index is -4.51. The molecule has 3 aliphatic heterocycles. The van der Waals surface area contributed by atoms with Crippen molar-refractivity contribution in [1.82, 2.24) is 31.6 Å². The number of hydrogen-bond donors (Lipinski definition) is 6. The zero-order valence-corrected chi connectivity index (χ0v) is 28.6. The lowest BCUT2D eigenvalue weighted by atomic mass is 9.87. The molecular weight excluding hydrogens is 641 g/mol. The monoisotopic (exact) mass is 688 g/mol. The van der Waals surface area contributed by atoms with Crippen molar-refractivity contribution < 1.29 is 37.3 Å². The van der Waals surface area contributed by atoms with Crippen LogP contribution in [-0.2, 0) is 14.2 Å². The van der Waals surface area contributed by atoms with Crippen LogP contribution < -0.4 is 26.7 Å². The van der Waals surface area contributed by atoms with Gasteiger partial charge in [0, 0.05) is 49.5 Å². The molecule has 6 atom stereocenters. The number of halogens is 3. The third kappa shape index (κ3) is 11.2. The van der Waals surface area contributed by atoms with Crippen LogP contribution in [0.3, 0.4) is 0 Å². The summed E-state index contributed by atoms with van der Waals surface area (Å²) in [5.41, 5.74) is 2.72. The standard InChI is InChI=1S/C30H47F3N8O5S/c1-9-36-27(42)38-23(34-8)12-20(26-37-22(16-47-26)30(31,32)33)19(4)17(2)13-35-14-18(3)24-39-40-25(45-24)21-15-44-11-10-41(21)28(43)46-29(5,6)7/h12-14,16,19-21,24,26,28,34,37,39,43H,3,9-11,15H2,1-2,4-8H3,(H2,36,38,42)/b17-13+,23-12+,35-14?/t19?,20?,21-,24?,26?,28?/m0/s1. The number of thioether (sulfide) groups is 1. The lowest BCUT2D eigenvalue weighted by Crippen LogP contribution is -2.56. The van der Waals surface area contributed by atoms with Gasteiger partial charge in [0.15, 0.2) is 0 Å². The fourth-order valence-electron chi connectivity index (χ4n) is 4.72. The number of hydrogen-bond acceptors (Lipinski definition) is 12. The summed E-state index contributed by atoms with van der Waals surface area (Å²) in [6, 6.07) is -0.931. The Hall–Kier alpha value is -3.25. The van der Waals surface area contributed by atoms with Gasteiger partial charge in [0.25, 0.3) is 0 Å². The van der Waals surface area contributed by atoms with Crippen LogP contribution in [0, 0.1) is 11.8 Å². The van der Waals surface area contributed by atoms with Crippen molar-refractivity contribution in [2.24, 2.45) is 21.9 Å². The third-order valence-electron chi connectivity index (χ3n) is 7.38. The summed E-state index contributed by atoms with van der Waals surface area (Å²) in [5.74, 6) is -0.143. The van der Waals surface area contributed by atoms with Gasteiger partial charge in [-0.2, -0.15) is 13.2 Å². The van der Waals surface area contributed by atoms with Crippen molar-refractivity contribution >= 4 is 29.9 Å². The molecule has 5 unspecified atom stereocenters. The summed E-state index contributed by atoms with van der Waals surface area (Å²) in [7, 11) is 1.61. The lowest BCUT2D eigenvalue weighted by molar-refractivity contribution is -0.256. The third-order valence-corrected chi connectivity index (χ3v) is 8.48. The van der Waals surface area contributed by atoms with Crippen molar-refractivity contribution in [1.29, 1.82) is 0 Å². The maximum absolute atomic E-state index is 13.4. The topological polar surface area (TPSA) is 153 Å². The second kappa shape index (κ2) is 16.7. The molecule has 0 aromatic rings. The molecule has 0 aromatic carbocycles. The Morgan fingerprint density at radius 1 is 1.38 bits per heavy atom. The van der Waals surface area contributed by atoms with Crippen LogP contribution in [-0.4, -0.2) is 97.3 Å². The molecule has 0 aliphatic carbocycles. The van der Waals surface area contributed by atoms with E-state index < -0.39 is 53.5 Å². The van der Waals surface area contributed by atoms with Gasteiger partial charge in [-0.1, -0.05) is 19.1 Å². The number of allylic oxidation sites excluding steroid dienone is 2. The molecule has 0 saturated carbocycles. The number of nitrogens with one attached hydrogen (secondary N) is 5. The van der Waals surface area contributed by atoms with Crippen LogP contribution in [0.15, 0.2) is 57.0 Å². The van der Waals surface area contributed by atoms with Crippen LogP contribution in [0.5, 0.6) is 0 Å². The van der Waals surface area contributed by atoms with E-state index >= 15 is 0 Å². The number of aliphatic hydroxyl groups is 1. The fourth-order valence-corrected chi connectivity index (χ4v) is 5.90. The first kappa shape index (κ1) is 38.2.